The van der Waals surface area contributed by atoms with Crippen LogP contribution >= 0.6 is 0 Å². The Kier molecular flexibility index (Phi) is 4.17. The lowest BCUT2D eigenvalue weighted by atomic mass is 10.3. The molecule has 1 aromatic carbocycles. The van der Waals surface area contributed by atoms with Crippen molar-refractivity contribution < 1.29 is 4.79 Å². The minimum absolute atomic E-state index is 0.171. The number of hydrogen-bond donors (Lipinski definition) is 2. The SMILES string of the molecule is CC1=NCCN1CCNC(=O)Nc1ccccc1. The first-order chi connectivity index (χ1) is 8.75. The van der Waals surface area contributed by atoms with E-state index in [1.54, 1.807) is 0 Å². The van der Waals surface area contributed by atoms with Gasteiger partial charge < -0.3 is 15.5 Å². The molecule has 0 unspecified atom stereocenters. The molecule has 0 radical (unpaired) electrons. The summed E-state index contributed by atoms with van der Waals surface area (Å²) in [5.74, 6) is 1.06. The molecule has 18 heavy (non-hydrogen) atoms. The molecule has 0 saturated carbocycles. The fourth-order valence-corrected chi connectivity index (χ4v) is 1.87. The molecule has 1 aliphatic rings. The Morgan fingerprint density at radius 1 is 1.39 bits per heavy atom. The molecule has 96 valence electrons. The highest BCUT2D eigenvalue weighted by Gasteiger charge is 2.11. The number of anilines is 1. The van der Waals surface area contributed by atoms with E-state index in [-0.39, 0.29) is 6.03 Å². The van der Waals surface area contributed by atoms with Crippen LogP contribution in [0.4, 0.5) is 10.5 Å². The third-order valence-corrected chi connectivity index (χ3v) is 2.87. The summed E-state index contributed by atoms with van der Waals surface area (Å²) in [6, 6.07) is 9.24. The van der Waals surface area contributed by atoms with Crippen molar-refractivity contribution in [2.24, 2.45) is 4.99 Å². The summed E-state index contributed by atoms with van der Waals surface area (Å²) in [7, 11) is 0. The number of amidine groups is 1. The number of carbonyl (C=O) groups excluding carboxylic acids is 1. The molecular formula is C13H18N4O. The van der Waals surface area contributed by atoms with Gasteiger partial charge in [0.15, 0.2) is 0 Å². The zero-order chi connectivity index (χ0) is 12.8. The molecule has 0 aliphatic carbocycles. The molecule has 1 heterocycles. The van der Waals surface area contributed by atoms with Gasteiger partial charge in [0.05, 0.1) is 12.4 Å². The zero-order valence-corrected chi connectivity index (χ0v) is 10.5. The number of hydrogen-bond acceptors (Lipinski definition) is 3. The van der Waals surface area contributed by atoms with Crippen LogP contribution in [0.2, 0.25) is 0 Å². The molecule has 0 spiro atoms. The van der Waals surface area contributed by atoms with Crippen LogP contribution in [0.25, 0.3) is 0 Å². The summed E-state index contributed by atoms with van der Waals surface area (Å²) in [5, 5.41) is 5.61. The highest BCUT2D eigenvalue weighted by Crippen LogP contribution is 2.04. The lowest BCUT2D eigenvalue weighted by molar-refractivity contribution is 0.251. The molecule has 2 amide bonds. The van der Waals surface area contributed by atoms with E-state index in [4.69, 9.17) is 0 Å². The average molecular weight is 246 g/mol. The molecule has 0 aromatic heterocycles. The minimum Gasteiger partial charge on any atom is -0.357 e. The minimum atomic E-state index is -0.171. The Morgan fingerprint density at radius 3 is 2.83 bits per heavy atom. The topological polar surface area (TPSA) is 56.7 Å². The number of urea groups is 1. The van der Waals surface area contributed by atoms with Gasteiger partial charge in [0.1, 0.15) is 0 Å². The molecule has 5 heteroatoms. The van der Waals surface area contributed by atoms with Gasteiger partial charge in [0, 0.05) is 25.3 Å². The first-order valence-electron chi connectivity index (χ1n) is 6.11. The summed E-state index contributed by atoms with van der Waals surface area (Å²) in [6.07, 6.45) is 0. The van der Waals surface area contributed by atoms with E-state index < -0.39 is 0 Å². The van der Waals surface area contributed by atoms with Crippen LogP contribution in [0.5, 0.6) is 0 Å². The van der Waals surface area contributed by atoms with E-state index in [9.17, 15) is 4.79 Å². The first kappa shape index (κ1) is 12.4. The van der Waals surface area contributed by atoms with Gasteiger partial charge >= 0.3 is 6.03 Å². The fraction of sp³-hybridized carbons (Fsp3) is 0.385. The van der Waals surface area contributed by atoms with Crippen molar-refractivity contribution in [2.75, 3.05) is 31.5 Å². The lowest BCUT2D eigenvalue weighted by Gasteiger charge is -2.18. The number of amides is 2. The summed E-state index contributed by atoms with van der Waals surface area (Å²) in [6.45, 7) is 5.23. The number of nitrogens with zero attached hydrogens (tertiary/aromatic N) is 2. The van der Waals surface area contributed by atoms with Gasteiger partial charge in [-0.2, -0.15) is 0 Å². The number of benzene rings is 1. The van der Waals surface area contributed by atoms with Crippen molar-refractivity contribution in [3.05, 3.63) is 30.3 Å². The predicted octanol–water partition coefficient (Wildman–Crippen LogP) is 1.54. The second kappa shape index (κ2) is 6.05. The summed E-state index contributed by atoms with van der Waals surface area (Å²) in [5.41, 5.74) is 0.800. The van der Waals surface area contributed by atoms with Gasteiger partial charge in [0.25, 0.3) is 0 Å². The van der Waals surface area contributed by atoms with E-state index in [1.165, 1.54) is 0 Å². The fourth-order valence-electron chi connectivity index (χ4n) is 1.87. The average Bonchev–Trinajstić information content (AvgIpc) is 2.76. The van der Waals surface area contributed by atoms with Crippen LogP contribution in [0.1, 0.15) is 6.92 Å². The van der Waals surface area contributed by atoms with E-state index in [0.717, 1.165) is 31.2 Å². The molecule has 2 N–H and O–H groups in total. The Morgan fingerprint density at radius 2 is 2.17 bits per heavy atom. The van der Waals surface area contributed by atoms with E-state index in [2.05, 4.69) is 20.5 Å². The molecule has 0 fully saturated rings. The maximum atomic E-state index is 11.6. The maximum absolute atomic E-state index is 11.6. The molecule has 1 aromatic rings. The van der Waals surface area contributed by atoms with Crippen molar-refractivity contribution in [3.63, 3.8) is 0 Å². The van der Waals surface area contributed by atoms with Gasteiger partial charge in [-0.3, -0.25) is 4.99 Å². The van der Waals surface area contributed by atoms with Gasteiger partial charge in [-0.25, -0.2) is 4.79 Å². The largest absolute Gasteiger partial charge is 0.357 e. The lowest BCUT2D eigenvalue weighted by Crippen LogP contribution is -2.37. The number of carbonyl (C=O) groups is 1. The molecular weight excluding hydrogens is 228 g/mol. The first-order valence-corrected chi connectivity index (χ1v) is 6.11. The number of nitrogens with one attached hydrogen (secondary N) is 2. The Bertz CT molecular complexity index is 430. The van der Waals surface area contributed by atoms with Crippen molar-refractivity contribution in [2.45, 2.75) is 6.92 Å². The van der Waals surface area contributed by atoms with Crippen LogP contribution in [0.15, 0.2) is 35.3 Å². The van der Waals surface area contributed by atoms with Crippen molar-refractivity contribution in [1.29, 1.82) is 0 Å². The van der Waals surface area contributed by atoms with Gasteiger partial charge in [-0.1, -0.05) is 18.2 Å². The Labute approximate surface area is 107 Å². The highest BCUT2D eigenvalue weighted by molar-refractivity contribution is 5.89. The van der Waals surface area contributed by atoms with Gasteiger partial charge in [-0.15, -0.1) is 0 Å². The van der Waals surface area contributed by atoms with E-state index in [1.807, 2.05) is 37.3 Å². The third kappa shape index (κ3) is 3.48. The predicted molar refractivity (Wildman–Crippen MR) is 73.0 cm³/mol. The van der Waals surface area contributed by atoms with Crippen LogP contribution in [-0.4, -0.2) is 42.9 Å². The molecule has 1 aliphatic heterocycles. The molecule has 0 saturated heterocycles. The quantitative estimate of drug-likeness (QED) is 0.846. The second-order valence-corrected chi connectivity index (χ2v) is 4.16. The molecule has 5 nitrogen and oxygen atoms in total. The molecule has 0 bridgehead atoms. The van der Waals surface area contributed by atoms with Gasteiger partial charge in [0.2, 0.25) is 0 Å². The van der Waals surface area contributed by atoms with E-state index in [0.29, 0.717) is 6.54 Å². The van der Waals surface area contributed by atoms with Crippen molar-refractivity contribution in [3.8, 4) is 0 Å². The number of rotatable bonds is 4. The maximum Gasteiger partial charge on any atom is 0.319 e. The van der Waals surface area contributed by atoms with E-state index >= 15 is 0 Å². The van der Waals surface area contributed by atoms with Crippen LogP contribution in [0, 0.1) is 0 Å². The highest BCUT2D eigenvalue weighted by atomic mass is 16.2. The summed E-state index contributed by atoms with van der Waals surface area (Å²) in [4.78, 5) is 18.1. The van der Waals surface area contributed by atoms with Crippen molar-refractivity contribution >= 4 is 17.6 Å². The standard InChI is InChI=1S/C13H18N4O/c1-11-14-7-9-17(11)10-8-15-13(18)16-12-5-3-2-4-6-12/h2-6H,7-10H2,1H3,(H2,15,16,18). The molecule has 0 atom stereocenters. The Hall–Kier alpha value is -2.04. The Balaban J connectivity index is 1.68. The smallest absolute Gasteiger partial charge is 0.319 e. The number of para-hydroxylation sites is 1. The van der Waals surface area contributed by atoms with Crippen molar-refractivity contribution in [1.82, 2.24) is 10.2 Å². The monoisotopic (exact) mass is 246 g/mol. The molecule has 2 rings (SSSR count). The zero-order valence-electron chi connectivity index (χ0n) is 10.5. The van der Waals surface area contributed by atoms with Gasteiger partial charge in [-0.05, 0) is 19.1 Å². The van der Waals surface area contributed by atoms with Crippen LogP contribution in [-0.2, 0) is 0 Å². The summed E-state index contributed by atoms with van der Waals surface area (Å²) >= 11 is 0. The normalized spacial score (nSPS) is 14.3. The summed E-state index contributed by atoms with van der Waals surface area (Å²) < 4.78 is 0. The van der Waals surface area contributed by atoms with Crippen LogP contribution in [0.3, 0.4) is 0 Å². The third-order valence-electron chi connectivity index (χ3n) is 2.87. The van der Waals surface area contributed by atoms with Crippen LogP contribution < -0.4 is 10.6 Å². The second-order valence-electron chi connectivity index (χ2n) is 4.16. The number of aliphatic imine (C=N–C) groups is 1.